The van der Waals surface area contributed by atoms with E-state index in [4.69, 9.17) is 0 Å². The second-order valence-electron chi connectivity index (χ2n) is 7.58. The molecule has 140 valence electrons. The molecule has 1 heterocycles. The molecule has 2 aromatic rings. The van der Waals surface area contributed by atoms with Crippen LogP contribution < -0.4 is 0 Å². The summed E-state index contributed by atoms with van der Waals surface area (Å²) in [6.07, 6.45) is 5.53. The van der Waals surface area contributed by atoms with E-state index in [9.17, 15) is 8.42 Å². The Bertz CT molecular complexity index is 1040. The zero-order valence-corrected chi connectivity index (χ0v) is 17.0. The lowest BCUT2D eigenvalue weighted by molar-refractivity contribution is 0.446. The van der Waals surface area contributed by atoms with Crippen molar-refractivity contribution in [2.24, 2.45) is 5.41 Å². The van der Waals surface area contributed by atoms with Gasteiger partial charge in [-0.25, -0.2) is 8.42 Å². The lowest BCUT2D eigenvalue weighted by Crippen LogP contribution is -2.35. The maximum atomic E-state index is 13.0. The summed E-state index contributed by atoms with van der Waals surface area (Å²) in [6.45, 7) is 8.43. The normalized spacial score (nSPS) is 16.1. The molecule has 0 unspecified atom stereocenters. The summed E-state index contributed by atoms with van der Waals surface area (Å²) in [4.78, 5) is 0.305. The molecule has 0 bridgehead atoms. The van der Waals surface area contributed by atoms with Crippen molar-refractivity contribution >= 4 is 16.1 Å². The SMILES string of the molecule is Cc1ccc(S(=O)(=O)N2C=CC(C)(C)C(=C=Cc3cccc(C)c3)C2)cc1. The van der Waals surface area contributed by atoms with Crippen molar-refractivity contribution in [3.8, 4) is 0 Å². The molecule has 0 amide bonds. The van der Waals surface area contributed by atoms with E-state index >= 15 is 0 Å². The van der Waals surface area contributed by atoms with Gasteiger partial charge in [0.15, 0.2) is 0 Å². The number of aryl methyl sites for hydroxylation is 2. The molecular weight excluding hydrogens is 354 g/mol. The monoisotopic (exact) mass is 379 g/mol. The second kappa shape index (κ2) is 7.22. The molecule has 0 spiro atoms. The number of benzene rings is 2. The summed E-state index contributed by atoms with van der Waals surface area (Å²) >= 11 is 0. The fraction of sp³-hybridized carbons (Fsp3) is 0.261. The number of allylic oxidation sites excluding steroid dienone is 1. The zero-order valence-electron chi connectivity index (χ0n) is 16.2. The van der Waals surface area contributed by atoms with Crippen LogP contribution >= 0.6 is 0 Å². The maximum Gasteiger partial charge on any atom is 0.264 e. The largest absolute Gasteiger partial charge is 0.269 e. The first kappa shape index (κ1) is 19.2. The molecule has 3 rings (SSSR count). The Morgan fingerprint density at radius 2 is 1.74 bits per heavy atom. The topological polar surface area (TPSA) is 37.4 Å². The molecule has 0 N–H and O–H groups in total. The minimum Gasteiger partial charge on any atom is -0.269 e. The van der Waals surface area contributed by atoms with Crippen LogP contribution in [0.4, 0.5) is 0 Å². The summed E-state index contributed by atoms with van der Waals surface area (Å²) in [6, 6.07) is 15.1. The van der Waals surface area contributed by atoms with Gasteiger partial charge >= 0.3 is 0 Å². The Labute approximate surface area is 162 Å². The fourth-order valence-corrected chi connectivity index (χ4v) is 4.23. The van der Waals surface area contributed by atoms with Crippen LogP contribution in [0.2, 0.25) is 0 Å². The van der Waals surface area contributed by atoms with Crippen LogP contribution in [0.1, 0.15) is 30.5 Å². The summed E-state index contributed by atoms with van der Waals surface area (Å²) in [5, 5.41) is 0. The zero-order chi connectivity index (χ0) is 19.7. The van der Waals surface area contributed by atoms with Gasteiger partial charge in [0.05, 0.1) is 11.4 Å². The molecule has 4 heteroatoms. The first-order valence-electron chi connectivity index (χ1n) is 8.99. The fourth-order valence-electron chi connectivity index (χ4n) is 2.96. The van der Waals surface area contributed by atoms with Crippen molar-refractivity contribution in [3.63, 3.8) is 0 Å². The summed E-state index contributed by atoms with van der Waals surface area (Å²) in [5.41, 5.74) is 7.31. The summed E-state index contributed by atoms with van der Waals surface area (Å²) in [5.74, 6) is 0. The maximum absolute atomic E-state index is 13.0. The number of hydrogen-bond acceptors (Lipinski definition) is 2. The number of nitrogens with zero attached hydrogens (tertiary/aromatic N) is 1. The molecule has 0 fully saturated rings. The van der Waals surface area contributed by atoms with Crippen molar-refractivity contribution in [2.45, 2.75) is 32.6 Å². The van der Waals surface area contributed by atoms with Crippen LogP contribution in [0.15, 0.2) is 77.0 Å². The van der Waals surface area contributed by atoms with E-state index in [0.29, 0.717) is 11.4 Å². The Kier molecular flexibility index (Phi) is 5.14. The van der Waals surface area contributed by atoms with E-state index in [1.165, 1.54) is 9.87 Å². The van der Waals surface area contributed by atoms with Gasteiger partial charge in [0.2, 0.25) is 0 Å². The average Bonchev–Trinajstić information content (AvgIpc) is 2.61. The minimum absolute atomic E-state index is 0.250. The molecule has 1 aliphatic heterocycles. The van der Waals surface area contributed by atoms with E-state index < -0.39 is 10.0 Å². The smallest absolute Gasteiger partial charge is 0.264 e. The third-order valence-corrected chi connectivity index (χ3v) is 6.57. The van der Waals surface area contributed by atoms with Gasteiger partial charge in [0.1, 0.15) is 0 Å². The Hall–Kier alpha value is -2.55. The predicted octanol–water partition coefficient (Wildman–Crippen LogP) is 5.09. The Morgan fingerprint density at radius 3 is 2.41 bits per heavy atom. The van der Waals surface area contributed by atoms with Gasteiger partial charge in [0.25, 0.3) is 10.0 Å². The van der Waals surface area contributed by atoms with Gasteiger partial charge in [-0.2, -0.15) is 0 Å². The number of rotatable bonds is 3. The van der Waals surface area contributed by atoms with Crippen molar-refractivity contribution in [2.75, 3.05) is 6.54 Å². The van der Waals surface area contributed by atoms with Crippen molar-refractivity contribution < 1.29 is 8.42 Å². The van der Waals surface area contributed by atoms with Crippen LogP contribution in [0.25, 0.3) is 6.08 Å². The lowest BCUT2D eigenvalue weighted by Gasteiger charge is -2.33. The molecule has 0 aromatic heterocycles. The van der Waals surface area contributed by atoms with Gasteiger partial charge < -0.3 is 0 Å². The molecular formula is C23H25NO2S. The highest BCUT2D eigenvalue weighted by Crippen LogP contribution is 2.34. The van der Waals surface area contributed by atoms with Crippen LogP contribution in [0.5, 0.6) is 0 Å². The standard InChI is InChI=1S/C23H25NO2S/c1-18-8-12-22(13-9-18)27(25,26)24-15-14-23(3,4)21(17-24)11-10-20-7-5-6-19(2)16-20/h5-10,12-16H,17H2,1-4H3. The van der Waals surface area contributed by atoms with E-state index in [0.717, 1.165) is 16.7 Å². The van der Waals surface area contributed by atoms with E-state index in [-0.39, 0.29) is 5.41 Å². The van der Waals surface area contributed by atoms with Gasteiger partial charge in [-0.05, 0) is 37.6 Å². The molecule has 3 nitrogen and oxygen atoms in total. The number of hydrogen-bond donors (Lipinski definition) is 0. The van der Waals surface area contributed by atoms with Crippen molar-refractivity contribution in [1.29, 1.82) is 0 Å². The highest BCUT2D eigenvalue weighted by Gasteiger charge is 2.31. The molecule has 0 saturated heterocycles. The summed E-state index contributed by atoms with van der Waals surface area (Å²) in [7, 11) is -3.58. The third kappa shape index (κ3) is 4.24. The van der Waals surface area contributed by atoms with Gasteiger partial charge in [-0.1, -0.05) is 67.4 Å². The molecule has 0 aliphatic carbocycles. The highest BCUT2D eigenvalue weighted by molar-refractivity contribution is 7.89. The van der Waals surface area contributed by atoms with E-state index in [1.807, 2.05) is 56.3 Å². The first-order chi connectivity index (χ1) is 12.7. The van der Waals surface area contributed by atoms with Crippen LogP contribution in [-0.4, -0.2) is 19.3 Å². The third-order valence-electron chi connectivity index (χ3n) is 4.83. The summed E-state index contributed by atoms with van der Waals surface area (Å²) < 4.78 is 27.4. The quantitative estimate of drug-likeness (QED) is 0.697. The molecule has 1 aliphatic rings. The second-order valence-corrected chi connectivity index (χ2v) is 9.47. The van der Waals surface area contributed by atoms with Crippen LogP contribution in [0, 0.1) is 19.3 Å². The number of sulfonamides is 1. The van der Waals surface area contributed by atoms with Gasteiger partial charge in [0, 0.05) is 17.2 Å². The van der Waals surface area contributed by atoms with Gasteiger partial charge in [-0.3, -0.25) is 4.31 Å². The van der Waals surface area contributed by atoms with Crippen molar-refractivity contribution in [3.05, 3.63) is 88.8 Å². The van der Waals surface area contributed by atoms with Gasteiger partial charge in [-0.15, -0.1) is 5.73 Å². The molecule has 0 radical (unpaired) electrons. The van der Waals surface area contributed by atoms with E-state index in [2.05, 4.69) is 25.6 Å². The predicted molar refractivity (Wildman–Crippen MR) is 111 cm³/mol. The molecule has 0 atom stereocenters. The lowest BCUT2D eigenvalue weighted by atomic mass is 9.83. The van der Waals surface area contributed by atoms with Crippen molar-refractivity contribution in [1.82, 2.24) is 4.31 Å². The molecule has 2 aromatic carbocycles. The Morgan fingerprint density at radius 1 is 1.04 bits per heavy atom. The Balaban J connectivity index is 1.97. The van der Waals surface area contributed by atoms with Crippen LogP contribution in [-0.2, 0) is 10.0 Å². The minimum atomic E-state index is -3.58. The molecule has 27 heavy (non-hydrogen) atoms. The van der Waals surface area contributed by atoms with Crippen LogP contribution in [0.3, 0.4) is 0 Å². The van der Waals surface area contributed by atoms with E-state index in [1.54, 1.807) is 18.3 Å². The average molecular weight is 380 g/mol. The molecule has 0 saturated carbocycles. The highest BCUT2D eigenvalue weighted by atomic mass is 32.2. The first-order valence-corrected chi connectivity index (χ1v) is 10.4.